The van der Waals surface area contributed by atoms with Gasteiger partial charge in [0.2, 0.25) is 0 Å². The summed E-state index contributed by atoms with van der Waals surface area (Å²) in [4.78, 5) is 24.2. The fraction of sp³-hybridized carbons (Fsp3) is 0.481. The zero-order chi connectivity index (χ0) is 23.9. The van der Waals surface area contributed by atoms with Crippen molar-refractivity contribution in [3.8, 4) is 22.4 Å². The van der Waals surface area contributed by atoms with E-state index >= 15 is 0 Å². The van der Waals surface area contributed by atoms with Crippen molar-refractivity contribution >= 4 is 17.5 Å². The summed E-state index contributed by atoms with van der Waals surface area (Å²) in [5.41, 5.74) is 5.14. The van der Waals surface area contributed by atoms with Gasteiger partial charge in [-0.1, -0.05) is 45.2 Å². The number of hydrogen-bond acceptors (Lipinski definition) is 4. The maximum Gasteiger partial charge on any atom is 0.256 e. The Morgan fingerprint density at radius 1 is 1.15 bits per heavy atom. The molecule has 0 saturated heterocycles. The van der Waals surface area contributed by atoms with E-state index < -0.39 is 0 Å². The van der Waals surface area contributed by atoms with Gasteiger partial charge >= 0.3 is 0 Å². The SMILES string of the molecule is CCCCC(C)(C)Cn1cc(-c2ccc(Cl)nc2-c2cnc3c(c2)C(=O)N(CC2CC2)C3)cn1. The molecular formula is C27H32ClN5O. The summed E-state index contributed by atoms with van der Waals surface area (Å²) in [6.45, 7) is 9.09. The second-order valence-electron chi connectivity index (χ2n) is 10.6. The minimum Gasteiger partial charge on any atom is -0.332 e. The number of fused-ring (bicyclic) bond motifs is 1. The molecule has 178 valence electrons. The number of halogens is 1. The van der Waals surface area contributed by atoms with Crippen molar-refractivity contribution in [1.29, 1.82) is 0 Å². The predicted octanol–water partition coefficient (Wildman–Crippen LogP) is 6.24. The Morgan fingerprint density at radius 2 is 1.97 bits per heavy atom. The summed E-state index contributed by atoms with van der Waals surface area (Å²) in [5.74, 6) is 0.726. The summed E-state index contributed by atoms with van der Waals surface area (Å²) in [7, 11) is 0. The maximum absolute atomic E-state index is 13.0. The molecule has 0 unspecified atom stereocenters. The summed E-state index contributed by atoms with van der Waals surface area (Å²) >= 11 is 6.30. The van der Waals surface area contributed by atoms with E-state index in [9.17, 15) is 4.79 Å². The third-order valence-corrected chi connectivity index (χ3v) is 7.09. The molecule has 7 heteroatoms. The number of pyridine rings is 2. The molecule has 0 N–H and O–H groups in total. The maximum atomic E-state index is 13.0. The van der Waals surface area contributed by atoms with Crippen LogP contribution in [-0.4, -0.2) is 37.1 Å². The highest BCUT2D eigenvalue weighted by atomic mass is 35.5. The van der Waals surface area contributed by atoms with Gasteiger partial charge in [0, 0.05) is 42.2 Å². The van der Waals surface area contributed by atoms with Crippen LogP contribution in [0.3, 0.4) is 0 Å². The van der Waals surface area contributed by atoms with E-state index in [0.717, 1.165) is 41.2 Å². The molecule has 0 atom stereocenters. The van der Waals surface area contributed by atoms with Crippen molar-refractivity contribution < 1.29 is 4.79 Å². The quantitative estimate of drug-likeness (QED) is 0.342. The molecule has 0 aromatic carbocycles. The molecule has 1 fully saturated rings. The monoisotopic (exact) mass is 477 g/mol. The van der Waals surface area contributed by atoms with Gasteiger partial charge in [0.15, 0.2) is 0 Å². The Hall–Kier alpha value is -2.73. The highest BCUT2D eigenvalue weighted by Gasteiger charge is 2.33. The molecule has 2 aliphatic rings. The Balaban J connectivity index is 1.43. The number of unbranched alkanes of at least 4 members (excludes halogenated alkanes) is 1. The third-order valence-electron chi connectivity index (χ3n) is 6.88. The van der Waals surface area contributed by atoms with Crippen LogP contribution in [0.5, 0.6) is 0 Å². The summed E-state index contributed by atoms with van der Waals surface area (Å²) in [6, 6.07) is 5.70. The fourth-order valence-corrected chi connectivity index (χ4v) is 4.91. The van der Waals surface area contributed by atoms with Crippen LogP contribution in [0.2, 0.25) is 5.15 Å². The first-order valence-corrected chi connectivity index (χ1v) is 12.7. The van der Waals surface area contributed by atoms with Gasteiger partial charge in [-0.3, -0.25) is 14.5 Å². The summed E-state index contributed by atoms with van der Waals surface area (Å²) in [5, 5.41) is 5.05. The van der Waals surface area contributed by atoms with Crippen molar-refractivity contribution in [2.75, 3.05) is 6.54 Å². The second kappa shape index (κ2) is 9.14. The molecule has 3 aromatic rings. The van der Waals surface area contributed by atoms with Crippen LogP contribution in [0.15, 0.2) is 36.8 Å². The fourth-order valence-electron chi connectivity index (χ4n) is 4.77. The molecule has 4 heterocycles. The summed E-state index contributed by atoms with van der Waals surface area (Å²) in [6.07, 6.45) is 11.8. The minimum atomic E-state index is 0.0713. The molecule has 1 aliphatic carbocycles. The first-order valence-electron chi connectivity index (χ1n) is 12.3. The van der Waals surface area contributed by atoms with E-state index in [1.165, 1.54) is 32.1 Å². The number of carbonyl (C=O) groups excluding carboxylic acids is 1. The van der Waals surface area contributed by atoms with Crippen molar-refractivity contribution in [2.45, 2.75) is 66.0 Å². The van der Waals surface area contributed by atoms with E-state index in [1.54, 1.807) is 6.07 Å². The van der Waals surface area contributed by atoms with Crippen LogP contribution in [0.4, 0.5) is 0 Å². The Kier molecular flexibility index (Phi) is 6.19. The minimum absolute atomic E-state index is 0.0713. The van der Waals surface area contributed by atoms with Gasteiger partial charge in [0.1, 0.15) is 5.15 Å². The normalized spacial score (nSPS) is 15.8. The van der Waals surface area contributed by atoms with E-state index in [0.29, 0.717) is 23.2 Å². The lowest BCUT2D eigenvalue weighted by Crippen LogP contribution is -2.26. The van der Waals surface area contributed by atoms with Crippen LogP contribution in [0.25, 0.3) is 22.4 Å². The zero-order valence-corrected chi connectivity index (χ0v) is 21.0. The number of nitrogens with zero attached hydrogens (tertiary/aromatic N) is 5. The standard InChI is InChI=1S/C27H32ClN5O/c1-4-5-10-27(2,3)17-33-15-20(13-30-33)21-8-9-24(28)31-25(21)19-11-22-23(29-12-19)16-32(26(22)34)14-18-6-7-18/h8-9,11-13,15,18H,4-7,10,14,16-17H2,1-3H3. The second-order valence-corrected chi connectivity index (χ2v) is 11.0. The molecule has 6 nitrogen and oxygen atoms in total. The van der Waals surface area contributed by atoms with Gasteiger partial charge in [0.25, 0.3) is 5.91 Å². The van der Waals surface area contributed by atoms with E-state index in [4.69, 9.17) is 11.6 Å². The Labute approximate surface area is 206 Å². The third kappa shape index (κ3) is 4.88. The van der Waals surface area contributed by atoms with Crippen molar-refractivity contribution in [3.63, 3.8) is 0 Å². The lowest BCUT2D eigenvalue weighted by Gasteiger charge is -2.24. The van der Waals surface area contributed by atoms with Crippen molar-refractivity contribution in [1.82, 2.24) is 24.6 Å². The Morgan fingerprint density at radius 3 is 2.74 bits per heavy atom. The van der Waals surface area contributed by atoms with Crippen LogP contribution < -0.4 is 0 Å². The molecule has 1 aliphatic heterocycles. The van der Waals surface area contributed by atoms with Crippen LogP contribution in [-0.2, 0) is 13.1 Å². The van der Waals surface area contributed by atoms with Gasteiger partial charge in [0.05, 0.1) is 29.7 Å². The van der Waals surface area contributed by atoms with Gasteiger partial charge in [-0.25, -0.2) is 4.98 Å². The van der Waals surface area contributed by atoms with Crippen molar-refractivity contribution in [3.05, 3.63) is 53.2 Å². The zero-order valence-electron chi connectivity index (χ0n) is 20.2. The summed E-state index contributed by atoms with van der Waals surface area (Å²) < 4.78 is 2.02. The molecule has 34 heavy (non-hydrogen) atoms. The van der Waals surface area contributed by atoms with Crippen LogP contribution in [0.1, 0.15) is 68.9 Å². The molecule has 3 aromatic heterocycles. The van der Waals surface area contributed by atoms with E-state index in [2.05, 4.69) is 42.0 Å². The molecule has 0 bridgehead atoms. The molecule has 0 spiro atoms. The predicted molar refractivity (Wildman–Crippen MR) is 134 cm³/mol. The van der Waals surface area contributed by atoms with Gasteiger partial charge in [-0.05, 0) is 48.8 Å². The van der Waals surface area contributed by atoms with E-state index in [-0.39, 0.29) is 11.3 Å². The largest absolute Gasteiger partial charge is 0.332 e. The first-order chi connectivity index (χ1) is 16.3. The Bertz CT molecular complexity index is 1210. The lowest BCUT2D eigenvalue weighted by molar-refractivity contribution is 0.0770. The van der Waals surface area contributed by atoms with Crippen molar-refractivity contribution in [2.24, 2.45) is 11.3 Å². The number of hydrogen-bond donors (Lipinski definition) is 0. The number of rotatable bonds is 9. The first kappa shape index (κ1) is 23.0. The van der Waals surface area contributed by atoms with E-state index in [1.807, 2.05) is 34.1 Å². The van der Waals surface area contributed by atoms with Gasteiger partial charge < -0.3 is 4.90 Å². The molecule has 1 saturated carbocycles. The lowest BCUT2D eigenvalue weighted by atomic mass is 9.87. The van der Waals surface area contributed by atoms with Gasteiger partial charge in [-0.2, -0.15) is 5.10 Å². The van der Waals surface area contributed by atoms with Gasteiger partial charge in [-0.15, -0.1) is 0 Å². The van der Waals surface area contributed by atoms with Crippen LogP contribution in [0, 0.1) is 11.3 Å². The average Bonchev–Trinajstić information content (AvgIpc) is 3.43. The number of aromatic nitrogens is 4. The number of amides is 1. The molecule has 1 amide bonds. The topological polar surface area (TPSA) is 63.9 Å². The smallest absolute Gasteiger partial charge is 0.256 e. The molecule has 0 radical (unpaired) electrons. The highest BCUT2D eigenvalue weighted by molar-refractivity contribution is 6.29. The number of carbonyl (C=O) groups is 1. The average molecular weight is 478 g/mol. The highest BCUT2D eigenvalue weighted by Crippen LogP contribution is 2.36. The molecular weight excluding hydrogens is 446 g/mol. The van der Waals surface area contributed by atoms with Crippen LogP contribution >= 0.6 is 11.6 Å². The molecule has 5 rings (SSSR count).